The van der Waals surface area contributed by atoms with Gasteiger partial charge in [0.15, 0.2) is 5.60 Å². The van der Waals surface area contributed by atoms with E-state index in [1.165, 1.54) is 6.07 Å². The van der Waals surface area contributed by atoms with Crippen LogP contribution in [-0.2, 0) is 34.7 Å². The van der Waals surface area contributed by atoms with Crippen LogP contribution in [0.15, 0.2) is 16.9 Å². The van der Waals surface area contributed by atoms with Gasteiger partial charge < -0.3 is 20.1 Å². The summed E-state index contributed by atoms with van der Waals surface area (Å²) in [7, 11) is 0. The second-order valence-electron chi connectivity index (χ2n) is 8.96. The topological polar surface area (TPSA) is 107 Å². The van der Waals surface area contributed by atoms with Gasteiger partial charge in [-0.25, -0.2) is 14.2 Å². The molecule has 0 unspecified atom stereocenters. The summed E-state index contributed by atoms with van der Waals surface area (Å²) in [4.78, 5) is 30.5. The molecule has 32 heavy (non-hydrogen) atoms. The van der Waals surface area contributed by atoms with Crippen molar-refractivity contribution in [2.45, 2.75) is 57.9 Å². The number of fused-ring (bicyclic) bond motifs is 5. The normalized spacial score (nSPS) is 23.0. The number of benzene rings is 1. The number of cyclic esters (lactones) is 1. The quantitative estimate of drug-likeness (QED) is 0.445. The molecule has 0 saturated heterocycles. The summed E-state index contributed by atoms with van der Waals surface area (Å²) in [5.74, 6) is -1.11. The maximum Gasteiger partial charge on any atom is 0.343 e. The Kier molecular flexibility index (Phi) is 3.81. The molecule has 2 aromatic heterocycles. The van der Waals surface area contributed by atoms with E-state index in [9.17, 15) is 19.1 Å². The molecule has 3 aliphatic rings. The van der Waals surface area contributed by atoms with E-state index in [4.69, 9.17) is 15.5 Å². The minimum atomic E-state index is -1.88. The molecule has 0 bridgehead atoms. The molecule has 0 radical (unpaired) electrons. The molecule has 2 aliphatic heterocycles. The second kappa shape index (κ2) is 6.24. The molecule has 8 heteroatoms. The molecule has 3 N–H and O–H groups in total. The Balaban J connectivity index is 1.69. The fraction of sp³-hybridized carbons (Fsp3) is 0.375. The predicted molar refractivity (Wildman–Crippen MR) is 114 cm³/mol. The Morgan fingerprint density at radius 2 is 2.09 bits per heavy atom. The van der Waals surface area contributed by atoms with E-state index < -0.39 is 11.6 Å². The number of rotatable bonds is 1. The van der Waals surface area contributed by atoms with Gasteiger partial charge in [0.05, 0.1) is 29.0 Å². The number of hydrogen-bond acceptors (Lipinski definition) is 6. The maximum atomic E-state index is 14.7. The summed E-state index contributed by atoms with van der Waals surface area (Å²) in [5, 5.41) is 11.9. The third-order valence-corrected chi connectivity index (χ3v) is 7.41. The van der Waals surface area contributed by atoms with Crippen molar-refractivity contribution in [3.63, 3.8) is 0 Å². The number of nitrogens with two attached hydrogens (primary N) is 1. The minimum Gasteiger partial charge on any atom is -0.458 e. The summed E-state index contributed by atoms with van der Waals surface area (Å²) in [5.41, 5.74) is 9.65. The van der Waals surface area contributed by atoms with Gasteiger partial charge in [-0.15, -0.1) is 0 Å². The first-order chi connectivity index (χ1) is 15.3. The van der Waals surface area contributed by atoms with E-state index in [-0.39, 0.29) is 41.6 Å². The number of halogens is 1. The summed E-state index contributed by atoms with van der Waals surface area (Å²) in [6.45, 7) is 3.57. The molecule has 4 heterocycles. The van der Waals surface area contributed by atoms with Gasteiger partial charge in [0.25, 0.3) is 5.56 Å². The molecule has 0 amide bonds. The molecular formula is C24H22FN3O4. The average Bonchev–Trinajstić information content (AvgIpc) is 3.14. The standard InChI is InChI=1S/C24H22FN3O4/c1-3-24(31)14-6-18-21-12(8-28(18)22(29)13(14)9-32-23(24)30)11-4-5-16(26)19-10(2)15(25)7-17(27-21)20(11)19/h6-7,16,31H,3-5,8-9,26H2,1-2H3/t16-,24-/m0/s1. The summed E-state index contributed by atoms with van der Waals surface area (Å²) >= 11 is 0. The highest BCUT2D eigenvalue weighted by molar-refractivity contribution is 5.93. The van der Waals surface area contributed by atoms with Gasteiger partial charge in [-0.3, -0.25) is 4.79 Å². The zero-order valence-corrected chi connectivity index (χ0v) is 17.8. The number of aliphatic hydroxyl groups is 1. The lowest BCUT2D eigenvalue weighted by Crippen LogP contribution is -2.44. The van der Waals surface area contributed by atoms with Crippen LogP contribution >= 0.6 is 0 Å². The highest BCUT2D eigenvalue weighted by Gasteiger charge is 2.45. The van der Waals surface area contributed by atoms with Crippen LogP contribution in [0.25, 0.3) is 22.3 Å². The van der Waals surface area contributed by atoms with Gasteiger partial charge in [0, 0.05) is 28.6 Å². The molecule has 1 aromatic carbocycles. The Hall–Kier alpha value is -3.10. The van der Waals surface area contributed by atoms with Gasteiger partial charge >= 0.3 is 5.97 Å². The largest absolute Gasteiger partial charge is 0.458 e. The molecule has 6 rings (SSSR count). The number of esters is 1. The fourth-order valence-corrected chi connectivity index (χ4v) is 5.62. The highest BCUT2D eigenvalue weighted by atomic mass is 19.1. The molecule has 164 valence electrons. The van der Waals surface area contributed by atoms with Crippen LogP contribution < -0.4 is 11.3 Å². The van der Waals surface area contributed by atoms with Crippen molar-refractivity contribution in [1.82, 2.24) is 9.55 Å². The molecular weight excluding hydrogens is 413 g/mol. The lowest BCUT2D eigenvalue weighted by Gasteiger charge is -2.31. The highest BCUT2D eigenvalue weighted by Crippen LogP contribution is 2.44. The summed E-state index contributed by atoms with van der Waals surface area (Å²) in [6, 6.07) is 2.84. The first kappa shape index (κ1) is 19.6. The number of carbonyl (C=O) groups excluding carboxylic acids is 1. The number of ether oxygens (including phenoxy) is 1. The van der Waals surface area contributed by atoms with Gasteiger partial charge in [0.2, 0.25) is 0 Å². The number of pyridine rings is 2. The predicted octanol–water partition coefficient (Wildman–Crippen LogP) is 2.47. The number of hydrogen-bond donors (Lipinski definition) is 2. The van der Waals surface area contributed by atoms with Crippen molar-refractivity contribution < 1.29 is 19.0 Å². The smallest absolute Gasteiger partial charge is 0.343 e. The van der Waals surface area contributed by atoms with E-state index in [1.807, 2.05) is 0 Å². The lowest BCUT2D eigenvalue weighted by molar-refractivity contribution is -0.172. The second-order valence-corrected chi connectivity index (χ2v) is 8.96. The molecule has 0 spiro atoms. The number of aromatic nitrogens is 2. The monoisotopic (exact) mass is 435 g/mol. The lowest BCUT2D eigenvalue weighted by atomic mass is 9.82. The van der Waals surface area contributed by atoms with Crippen LogP contribution in [-0.4, -0.2) is 20.6 Å². The van der Waals surface area contributed by atoms with Crippen molar-refractivity contribution >= 4 is 16.9 Å². The third-order valence-electron chi connectivity index (χ3n) is 7.41. The van der Waals surface area contributed by atoms with Crippen LogP contribution in [0.4, 0.5) is 4.39 Å². The van der Waals surface area contributed by atoms with Crippen molar-refractivity contribution in [1.29, 1.82) is 0 Å². The minimum absolute atomic E-state index is 0.0801. The summed E-state index contributed by atoms with van der Waals surface area (Å²) in [6.07, 6.45) is 1.47. The van der Waals surface area contributed by atoms with Crippen LogP contribution in [0.3, 0.4) is 0 Å². The number of aryl methyl sites for hydroxylation is 1. The van der Waals surface area contributed by atoms with Gasteiger partial charge in [0.1, 0.15) is 12.4 Å². The zero-order chi connectivity index (χ0) is 22.5. The Morgan fingerprint density at radius 1 is 1.31 bits per heavy atom. The number of carbonyl (C=O) groups is 1. The molecule has 3 aromatic rings. The third kappa shape index (κ3) is 2.23. The molecule has 7 nitrogen and oxygen atoms in total. The number of nitrogens with zero attached hydrogens (tertiary/aromatic N) is 2. The van der Waals surface area contributed by atoms with E-state index in [0.29, 0.717) is 41.9 Å². The fourth-order valence-electron chi connectivity index (χ4n) is 5.62. The molecule has 1 aliphatic carbocycles. The van der Waals surface area contributed by atoms with Crippen LogP contribution in [0, 0.1) is 12.7 Å². The van der Waals surface area contributed by atoms with Gasteiger partial charge in [-0.1, -0.05) is 6.92 Å². The maximum absolute atomic E-state index is 14.7. The van der Waals surface area contributed by atoms with E-state index in [0.717, 1.165) is 22.1 Å². The van der Waals surface area contributed by atoms with Gasteiger partial charge in [-0.05, 0) is 48.9 Å². The van der Waals surface area contributed by atoms with Crippen molar-refractivity contribution in [2.75, 3.05) is 0 Å². The molecule has 2 atom stereocenters. The van der Waals surface area contributed by atoms with Crippen LogP contribution in [0.2, 0.25) is 0 Å². The zero-order valence-electron chi connectivity index (χ0n) is 17.8. The first-order valence-corrected chi connectivity index (χ1v) is 10.8. The average molecular weight is 435 g/mol. The first-order valence-electron chi connectivity index (χ1n) is 10.8. The van der Waals surface area contributed by atoms with E-state index in [1.54, 1.807) is 24.5 Å². The van der Waals surface area contributed by atoms with Crippen molar-refractivity contribution in [3.05, 3.63) is 61.7 Å². The van der Waals surface area contributed by atoms with Crippen molar-refractivity contribution in [3.8, 4) is 11.4 Å². The van der Waals surface area contributed by atoms with Crippen LogP contribution in [0.5, 0.6) is 0 Å². The van der Waals surface area contributed by atoms with Crippen molar-refractivity contribution in [2.24, 2.45) is 5.73 Å². The Morgan fingerprint density at radius 3 is 2.84 bits per heavy atom. The Labute approximate surface area is 182 Å². The van der Waals surface area contributed by atoms with E-state index >= 15 is 0 Å². The SMILES string of the molecule is CC[C@@]1(O)C(=O)OCc2c1cc1n(c2=O)Cc2c-1nc1cc(F)c(C)c3c1c2CC[C@@H]3N. The van der Waals surface area contributed by atoms with Crippen LogP contribution in [0.1, 0.15) is 59.2 Å². The molecule has 0 fully saturated rings. The summed E-state index contributed by atoms with van der Waals surface area (Å²) < 4.78 is 21.5. The molecule has 0 saturated carbocycles. The van der Waals surface area contributed by atoms with Gasteiger partial charge in [-0.2, -0.15) is 0 Å². The van der Waals surface area contributed by atoms with E-state index in [2.05, 4.69) is 0 Å². The Bertz CT molecular complexity index is 1440.